The van der Waals surface area contributed by atoms with Gasteiger partial charge in [-0.2, -0.15) is 0 Å². The number of benzene rings is 8. The lowest BCUT2D eigenvalue weighted by atomic mass is 9.33. The molecule has 12 rings (SSSR count). The van der Waals surface area contributed by atoms with Gasteiger partial charge in [0, 0.05) is 61.7 Å². The normalized spacial score (nSPS) is 13.6. The average molecular weight is 803 g/mol. The van der Waals surface area contributed by atoms with Crippen molar-refractivity contribution in [3.8, 4) is 11.1 Å². The third kappa shape index (κ3) is 5.47. The first-order valence-corrected chi connectivity index (χ1v) is 21.9. The second-order valence-corrected chi connectivity index (χ2v) is 19.5. The summed E-state index contributed by atoms with van der Waals surface area (Å²) in [6.45, 7) is 16.1. The monoisotopic (exact) mass is 802 g/mol. The van der Waals surface area contributed by atoms with Gasteiger partial charge in [-0.1, -0.05) is 126 Å². The van der Waals surface area contributed by atoms with Crippen molar-refractivity contribution >= 4 is 101 Å². The summed E-state index contributed by atoms with van der Waals surface area (Å²) in [5, 5.41) is 4.56. The Balaban J connectivity index is 1.10. The summed E-state index contributed by atoms with van der Waals surface area (Å²) in [4.78, 5) is 5.03. The molecule has 0 bridgehead atoms. The molecule has 0 unspecified atom stereocenters. The van der Waals surface area contributed by atoms with Crippen LogP contribution in [0.3, 0.4) is 0 Å². The molecule has 2 aliphatic heterocycles. The van der Waals surface area contributed by atoms with Crippen LogP contribution in [0.4, 0.5) is 34.1 Å². The number of hydrogen-bond acceptors (Lipinski definition) is 4. The Bertz CT molecular complexity index is 3470. The minimum atomic E-state index is -0.0350. The van der Waals surface area contributed by atoms with Crippen LogP contribution in [0.2, 0.25) is 0 Å². The Labute approximate surface area is 363 Å². The zero-order chi connectivity index (χ0) is 42.2. The van der Waals surface area contributed by atoms with Gasteiger partial charge in [-0.25, -0.2) is 0 Å². The molecule has 0 radical (unpaired) electrons. The molecule has 0 aliphatic carbocycles. The molecule has 2 aliphatic rings. The second-order valence-electron chi connectivity index (χ2n) is 19.5. The van der Waals surface area contributed by atoms with Gasteiger partial charge in [0.2, 0.25) is 0 Å². The summed E-state index contributed by atoms with van der Waals surface area (Å²) in [7, 11) is 0. The topological polar surface area (TPSA) is 32.8 Å². The predicted octanol–water partition coefficient (Wildman–Crippen LogP) is 14.1. The first-order chi connectivity index (χ1) is 29.9. The van der Waals surface area contributed by atoms with E-state index in [9.17, 15) is 0 Å². The number of para-hydroxylation sites is 2. The highest BCUT2D eigenvalue weighted by molar-refractivity contribution is 7.00. The second kappa shape index (κ2) is 13.0. The Kier molecular flexibility index (Phi) is 7.73. The smallest absolute Gasteiger partial charge is 0.252 e. The SMILES string of the molecule is Cc1cc2c3c(c1)N(c1ccc4c(c1)oc1ccccc14)c1cc(C(C)(C)C)ccc1B3c1ccc(C(C)(C)C)cc1N2c1ccc(-c2cccc3oc4ccccc4c23)cc1. The van der Waals surface area contributed by atoms with Crippen molar-refractivity contribution in [2.45, 2.75) is 59.3 Å². The van der Waals surface area contributed by atoms with Crippen LogP contribution in [-0.4, -0.2) is 6.71 Å². The maximum absolute atomic E-state index is 6.54. The van der Waals surface area contributed by atoms with Gasteiger partial charge >= 0.3 is 0 Å². The lowest BCUT2D eigenvalue weighted by molar-refractivity contribution is 0.590. The standard InChI is InChI=1S/C57H47BN2O2/c1-34-29-48-55-49(30-34)60(39-25-26-42-41-13-8-10-16-50(41)62-53(42)33-39)47-32-37(57(5,6)7)22-28-45(47)58(55)44-27-21-36(56(2,3)4)31-46(44)59(48)38-23-19-35(20-24-38)40-15-12-18-52-54(40)43-14-9-11-17-51(43)61-52/h8-33H,1-7H3. The van der Waals surface area contributed by atoms with Gasteiger partial charge < -0.3 is 18.6 Å². The van der Waals surface area contributed by atoms with Gasteiger partial charge in [-0.3, -0.25) is 0 Å². The number of fused-ring (bicyclic) bond motifs is 10. The average Bonchev–Trinajstić information content (AvgIpc) is 3.83. The van der Waals surface area contributed by atoms with Crippen LogP contribution in [0.25, 0.3) is 55.0 Å². The van der Waals surface area contributed by atoms with E-state index in [0.717, 1.165) is 60.8 Å². The van der Waals surface area contributed by atoms with Crippen LogP contribution < -0.4 is 26.2 Å². The van der Waals surface area contributed by atoms with Crippen molar-refractivity contribution in [3.63, 3.8) is 0 Å². The molecule has 62 heavy (non-hydrogen) atoms. The molecule has 0 N–H and O–H groups in total. The number of anilines is 6. The number of nitrogens with zero attached hydrogens (tertiary/aromatic N) is 2. The van der Waals surface area contributed by atoms with Crippen molar-refractivity contribution in [3.05, 3.63) is 174 Å². The number of aryl methyl sites for hydroxylation is 1. The van der Waals surface area contributed by atoms with Crippen molar-refractivity contribution < 1.29 is 8.83 Å². The summed E-state index contributed by atoms with van der Waals surface area (Å²) in [6, 6.07) is 58.2. The minimum Gasteiger partial charge on any atom is -0.456 e. The van der Waals surface area contributed by atoms with Crippen molar-refractivity contribution in [1.82, 2.24) is 0 Å². The van der Waals surface area contributed by atoms with Crippen molar-refractivity contribution in [1.29, 1.82) is 0 Å². The molecule has 8 aromatic carbocycles. The summed E-state index contributed by atoms with van der Waals surface area (Å²) in [6.07, 6.45) is 0. The molecule has 0 saturated carbocycles. The minimum absolute atomic E-state index is 0.0299. The Morgan fingerprint density at radius 1 is 0.435 bits per heavy atom. The molecule has 10 aromatic rings. The van der Waals surface area contributed by atoms with E-state index in [1.165, 1.54) is 61.4 Å². The van der Waals surface area contributed by atoms with E-state index >= 15 is 0 Å². The zero-order valence-electron chi connectivity index (χ0n) is 36.3. The molecular formula is C57H47BN2O2. The first kappa shape index (κ1) is 36.8. The molecular weight excluding hydrogens is 755 g/mol. The fourth-order valence-corrected chi connectivity index (χ4v) is 10.3. The van der Waals surface area contributed by atoms with Gasteiger partial charge in [-0.05, 0) is 129 Å². The van der Waals surface area contributed by atoms with Crippen LogP contribution in [0.15, 0.2) is 167 Å². The van der Waals surface area contributed by atoms with Crippen molar-refractivity contribution in [2.75, 3.05) is 9.80 Å². The van der Waals surface area contributed by atoms with Crippen LogP contribution in [0.5, 0.6) is 0 Å². The molecule has 300 valence electrons. The Morgan fingerprint density at radius 3 is 1.61 bits per heavy atom. The molecule has 4 heterocycles. The number of hydrogen-bond donors (Lipinski definition) is 0. The Hall–Kier alpha value is -6.98. The fraction of sp³-hybridized carbons (Fsp3) is 0.158. The zero-order valence-corrected chi connectivity index (χ0v) is 36.3. The van der Waals surface area contributed by atoms with Gasteiger partial charge in [-0.15, -0.1) is 0 Å². The maximum atomic E-state index is 6.54. The van der Waals surface area contributed by atoms with E-state index in [4.69, 9.17) is 8.83 Å². The first-order valence-electron chi connectivity index (χ1n) is 21.9. The molecule has 0 saturated heterocycles. The highest BCUT2D eigenvalue weighted by Gasteiger charge is 2.44. The van der Waals surface area contributed by atoms with Crippen LogP contribution in [0.1, 0.15) is 58.2 Å². The lowest BCUT2D eigenvalue weighted by Crippen LogP contribution is -2.61. The highest BCUT2D eigenvalue weighted by atomic mass is 16.3. The van der Waals surface area contributed by atoms with Crippen LogP contribution in [0, 0.1) is 6.92 Å². The molecule has 0 fully saturated rings. The van der Waals surface area contributed by atoms with Gasteiger partial charge in [0.25, 0.3) is 6.71 Å². The third-order valence-corrected chi connectivity index (χ3v) is 13.4. The summed E-state index contributed by atoms with van der Waals surface area (Å²) in [5.41, 5.74) is 20.7. The molecule has 5 heteroatoms. The van der Waals surface area contributed by atoms with Crippen molar-refractivity contribution in [2.24, 2.45) is 0 Å². The van der Waals surface area contributed by atoms with E-state index in [0.29, 0.717) is 0 Å². The van der Waals surface area contributed by atoms with E-state index in [-0.39, 0.29) is 17.5 Å². The fourth-order valence-electron chi connectivity index (χ4n) is 10.3. The van der Waals surface area contributed by atoms with E-state index in [2.05, 4.69) is 204 Å². The van der Waals surface area contributed by atoms with Gasteiger partial charge in [0.05, 0.1) is 0 Å². The molecule has 4 nitrogen and oxygen atoms in total. The third-order valence-electron chi connectivity index (χ3n) is 13.4. The summed E-state index contributed by atoms with van der Waals surface area (Å²) in [5.74, 6) is 0. The van der Waals surface area contributed by atoms with E-state index in [1.54, 1.807) is 0 Å². The highest BCUT2D eigenvalue weighted by Crippen LogP contribution is 2.47. The molecule has 0 amide bonds. The molecule has 2 aromatic heterocycles. The van der Waals surface area contributed by atoms with Gasteiger partial charge in [0.15, 0.2) is 0 Å². The van der Waals surface area contributed by atoms with Gasteiger partial charge in [0.1, 0.15) is 22.3 Å². The van der Waals surface area contributed by atoms with E-state index in [1.807, 2.05) is 12.1 Å². The maximum Gasteiger partial charge on any atom is 0.252 e. The summed E-state index contributed by atoms with van der Waals surface area (Å²) >= 11 is 0. The largest absolute Gasteiger partial charge is 0.456 e. The predicted molar refractivity (Wildman–Crippen MR) is 263 cm³/mol. The lowest BCUT2D eigenvalue weighted by Gasteiger charge is -2.45. The van der Waals surface area contributed by atoms with Crippen LogP contribution >= 0.6 is 0 Å². The molecule has 0 spiro atoms. The Morgan fingerprint density at radius 2 is 0.968 bits per heavy atom. The summed E-state index contributed by atoms with van der Waals surface area (Å²) < 4.78 is 12.8. The number of rotatable bonds is 3. The van der Waals surface area contributed by atoms with Crippen LogP contribution in [-0.2, 0) is 10.8 Å². The van der Waals surface area contributed by atoms with E-state index < -0.39 is 0 Å². The number of furan rings is 2. The molecule has 0 atom stereocenters. The quantitative estimate of drug-likeness (QED) is 0.167.